The van der Waals surface area contributed by atoms with Crippen LogP contribution in [0.3, 0.4) is 0 Å². The summed E-state index contributed by atoms with van der Waals surface area (Å²) >= 11 is 4.04. The monoisotopic (exact) mass is 235 g/mol. The lowest BCUT2D eigenvalue weighted by Gasteiger charge is -2.01. The minimum atomic E-state index is 0.0202. The molecule has 0 fully saturated rings. The normalized spacial score (nSPS) is 10.6. The highest BCUT2D eigenvalue weighted by Gasteiger charge is 2.07. The Morgan fingerprint density at radius 1 is 1.56 bits per heavy atom. The first-order chi connectivity index (χ1) is 7.81. The Labute approximate surface area is 98.9 Å². The van der Waals surface area contributed by atoms with Crippen molar-refractivity contribution < 1.29 is 4.79 Å². The van der Waals surface area contributed by atoms with Crippen LogP contribution in [-0.4, -0.2) is 28.2 Å². The molecule has 0 radical (unpaired) electrons. The Morgan fingerprint density at radius 3 is 3.25 bits per heavy atom. The summed E-state index contributed by atoms with van der Waals surface area (Å²) < 4.78 is 0. The highest BCUT2D eigenvalue weighted by Crippen LogP contribution is 2.16. The minimum absolute atomic E-state index is 0.0202. The molecule has 2 aromatic heterocycles. The van der Waals surface area contributed by atoms with Crippen molar-refractivity contribution in [1.82, 2.24) is 15.3 Å². The lowest BCUT2D eigenvalue weighted by Crippen LogP contribution is -2.26. The average molecular weight is 235 g/mol. The molecule has 4 nitrogen and oxygen atoms in total. The third-order valence-electron chi connectivity index (χ3n) is 2.35. The van der Waals surface area contributed by atoms with Crippen LogP contribution in [0.25, 0.3) is 10.9 Å². The van der Waals surface area contributed by atoms with Gasteiger partial charge in [-0.15, -0.1) is 0 Å². The van der Waals surface area contributed by atoms with Crippen molar-refractivity contribution in [2.75, 3.05) is 12.3 Å². The summed E-state index contributed by atoms with van der Waals surface area (Å²) in [4.78, 5) is 18.6. The van der Waals surface area contributed by atoms with Crippen LogP contribution in [0.5, 0.6) is 0 Å². The Bertz CT molecular complexity index is 495. The fraction of sp³-hybridized carbons (Fsp3) is 0.273. The highest BCUT2D eigenvalue weighted by atomic mass is 32.1. The van der Waals surface area contributed by atoms with E-state index < -0.39 is 0 Å². The van der Waals surface area contributed by atoms with Gasteiger partial charge in [-0.2, -0.15) is 12.6 Å². The van der Waals surface area contributed by atoms with Crippen LogP contribution < -0.4 is 5.32 Å². The van der Waals surface area contributed by atoms with E-state index >= 15 is 0 Å². The third kappa shape index (κ3) is 2.36. The van der Waals surface area contributed by atoms with E-state index in [4.69, 9.17) is 0 Å². The summed E-state index contributed by atoms with van der Waals surface area (Å²) in [5.74, 6) is 0.676. The van der Waals surface area contributed by atoms with Gasteiger partial charge < -0.3 is 10.3 Å². The topological polar surface area (TPSA) is 57.8 Å². The van der Waals surface area contributed by atoms with Gasteiger partial charge in [0.2, 0.25) is 5.91 Å². The molecule has 1 amide bonds. The van der Waals surface area contributed by atoms with Crippen molar-refractivity contribution in [3.8, 4) is 0 Å². The fourth-order valence-corrected chi connectivity index (χ4v) is 1.72. The molecule has 0 aliphatic rings. The van der Waals surface area contributed by atoms with Crippen LogP contribution in [0.15, 0.2) is 24.7 Å². The Kier molecular flexibility index (Phi) is 3.46. The van der Waals surface area contributed by atoms with Crippen molar-refractivity contribution in [2.24, 2.45) is 0 Å². The lowest BCUT2D eigenvalue weighted by molar-refractivity contribution is -0.120. The number of hydrogen-bond donors (Lipinski definition) is 3. The van der Waals surface area contributed by atoms with E-state index in [9.17, 15) is 4.79 Å². The first kappa shape index (κ1) is 11.0. The van der Waals surface area contributed by atoms with Crippen molar-refractivity contribution in [2.45, 2.75) is 6.42 Å². The van der Waals surface area contributed by atoms with Gasteiger partial charge in [-0.3, -0.25) is 9.78 Å². The second kappa shape index (κ2) is 5.03. The van der Waals surface area contributed by atoms with Crippen molar-refractivity contribution in [1.29, 1.82) is 0 Å². The third-order valence-corrected chi connectivity index (χ3v) is 2.58. The van der Waals surface area contributed by atoms with Crippen LogP contribution in [-0.2, 0) is 11.2 Å². The van der Waals surface area contributed by atoms with Gasteiger partial charge in [0.1, 0.15) is 0 Å². The van der Waals surface area contributed by atoms with Crippen molar-refractivity contribution >= 4 is 29.4 Å². The lowest BCUT2D eigenvalue weighted by atomic mass is 10.1. The van der Waals surface area contributed by atoms with Gasteiger partial charge in [-0.25, -0.2) is 0 Å². The van der Waals surface area contributed by atoms with Gasteiger partial charge in [0.05, 0.1) is 18.1 Å². The Balaban J connectivity index is 2.12. The number of nitrogens with one attached hydrogen (secondary N) is 2. The van der Waals surface area contributed by atoms with E-state index in [2.05, 4.69) is 27.9 Å². The minimum Gasteiger partial charge on any atom is -0.360 e. The van der Waals surface area contributed by atoms with Gasteiger partial charge in [-0.1, -0.05) is 0 Å². The summed E-state index contributed by atoms with van der Waals surface area (Å²) in [5.41, 5.74) is 1.95. The number of nitrogens with zero attached hydrogens (tertiary/aromatic N) is 1. The molecule has 0 bridgehead atoms. The summed E-state index contributed by atoms with van der Waals surface area (Å²) in [6.45, 7) is 0.603. The fourth-order valence-electron chi connectivity index (χ4n) is 1.61. The number of amides is 1. The second-order valence-electron chi connectivity index (χ2n) is 3.49. The van der Waals surface area contributed by atoms with Crippen LogP contribution in [0, 0.1) is 0 Å². The average Bonchev–Trinajstić information content (AvgIpc) is 2.70. The summed E-state index contributed by atoms with van der Waals surface area (Å²) in [6, 6.07) is 1.91. The van der Waals surface area contributed by atoms with Gasteiger partial charge in [0.25, 0.3) is 0 Å². The van der Waals surface area contributed by atoms with E-state index in [0.29, 0.717) is 18.7 Å². The number of thiol groups is 1. The molecule has 0 aromatic carbocycles. The standard InChI is InChI=1S/C11H13N3OS/c15-11(13-3-4-16)5-8-6-14-10-7-12-2-1-9(8)10/h1-2,6-7,14,16H,3-5H2,(H,13,15). The quantitative estimate of drug-likeness (QED) is 0.696. The number of hydrogen-bond acceptors (Lipinski definition) is 3. The predicted molar refractivity (Wildman–Crippen MR) is 66.7 cm³/mol. The molecule has 0 aliphatic heterocycles. The van der Waals surface area contributed by atoms with E-state index in [0.717, 1.165) is 16.5 Å². The Morgan fingerprint density at radius 2 is 2.44 bits per heavy atom. The highest BCUT2D eigenvalue weighted by molar-refractivity contribution is 7.80. The zero-order chi connectivity index (χ0) is 11.4. The van der Waals surface area contributed by atoms with E-state index in [-0.39, 0.29) is 5.91 Å². The molecule has 0 spiro atoms. The zero-order valence-electron chi connectivity index (χ0n) is 8.73. The summed E-state index contributed by atoms with van der Waals surface area (Å²) in [5, 5.41) is 3.84. The SMILES string of the molecule is O=C(Cc1c[nH]c2cnccc12)NCCS. The summed E-state index contributed by atoms with van der Waals surface area (Å²) in [7, 11) is 0. The van der Waals surface area contributed by atoms with Crippen LogP contribution in [0.1, 0.15) is 5.56 Å². The molecule has 16 heavy (non-hydrogen) atoms. The van der Waals surface area contributed by atoms with Crippen molar-refractivity contribution in [3.05, 3.63) is 30.2 Å². The van der Waals surface area contributed by atoms with Gasteiger partial charge in [-0.05, 0) is 11.6 Å². The molecular weight excluding hydrogens is 222 g/mol. The number of carbonyl (C=O) groups excluding carboxylic acids is 1. The molecule has 0 unspecified atom stereocenters. The maximum atomic E-state index is 11.5. The van der Waals surface area contributed by atoms with Crippen LogP contribution in [0.4, 0.5) is 0 Å². The number of H-pyrrole nitrogens is 1. The molecule has 0 atom stereocenters. The summed E-state index contributed by atoms with van der Waals surface area (Å²) in [6.07, 6.45) is 5.72. The number of aromatic nitrogens is 2. The number of aromatic amines is 1. The second-order valence-corrected chi connectivity index (χ2v) is 3.93. The number of fused-ring (bicyclic) bond motifs is 1. The van der Waals surface area contributed by atoms with Gasteiger partial charge >= 0.3 is 0 Å². The maximum absolute atomic E-state index is 11.5. The molecule has 0 aliphatic carbocycles. The first-order valence-electron chi connectivity index (χ1n) is 5.09. The maximum Gasteiger partial charge on any atom is 0.224 e. The molecule has 0 saturated carbocycles. The zero-order valence-corrected chi connectivity index (χ0v) is 9.63. The van der Waals surface area contributed by atoms with E-state index in [1.54, 1.807) is 12.4 Å². The molecular formula is C11H13N3OS. The number of pyridine rings is 1. The molecule has 84 valence electrons. The first-order valence-corrected chi connectivity index (χ1v) is 5.72. The Hall–Kier alpha value is -1.49. The van der Waals surface area contributed by atoms with Crippen LogP contribution in [0.2, 0.25) is 0 Å². The largest absolute Gasteiger partial charge is 0.360 e. The molecule has 2 heterocycles. The predicted octanol–water partition coefficient (Wildman–Crippen LogP) is 1.15. The van der Waals surface area contributed by atoms with Crippen molar-refractivity contribution in [3.63, 3.8) is 0 Å². The molecule has 2 rings (SSSR count). The van der Waals surface area contributed by atoms with E-state index in [1.807, 2.05) is 12.3 Å². The van der Waals surface area contributed by atoms with Gasteiger partial charge in [0, 0.05) is 30.1 Å². The number of carbonyl (C=O) groups is 1. The van der Waals surface area contributed by atoms with E-state index in [1.165, 1.54) is 0 Å². The smallest absolute Gasteiger partial charge is 0.224 e. The van der Waals surface area contributed by atoms with Crippen LogP contribution >= 0.6 is 12.6 Å². The van der Waals surface area contributed by atoms with Gasteiger partial charge in [0.15, 0.2) is 0 Å². The molecule has 2 aromatic rings. The molecule has 0 saturated heterocycles. The molecule has 2 N–H and O–H groups in total. The number of rotatable bonds is 4. The molecule has 5 heteroatoms.